The summed E-state index contributed by atoms with van der Waals surface area (Å²) in [6.45, 7) is 4.31. The van der Waals surface area contributed by atoms with Gasteiger partial charge in [-0.2, -0.15) is 0 Å². The van der Waals surface area contributed by atoms with Crippen LogP contribution in [0, 0.1) is 12.7 Å². The molecule has 0 unspecified atom stereocenters. The second-order valence-corrected chi connectivity index (χ2v) is 8.76. The number of hydrogen-bond donors (Lipinski definition) is 1. The third kappa shape index (κ3) is 4.43. The first kappa shape index (κ1) is 21.5. The second-order valence-electron chi connectivity index (χ2n) is 8.76. The van der Waals surface area contributed by atoms with Crippen molar-refractivity contribution in [2.75, 3.05) is 13.1 Å². The molecule has 4 heterocycles. The van der Waals surface area contributed by atoms with Gasteiger partial charge in [0.25, 0.3) is 11.5 Å². The minimum atomic E-state index is -0.386. The Balaban J connectivity index is 1.35. The third-order valence-corrected chi connectivity index (χ3v) is 6.46. The highest BCUT2D eigenvalue weighted by Gasteiger charge is 2.31. The molecule has 1 saturated heterocycles. The van der Waals surface area contributed by atoms with Crippen LogP contribution in [0.4, 0.5) is 4.39 Å². The maximum atomic E-state index is 13.2. The molecule has 0 spiro atoms. The molecule has 1 amide bonds. The lowest BCUT2D eigenvalue weighted by molar-refractivity contribution is 0.0732. The van der Waals surface area contributed by atoms with Crippen molar-refractivity contribution in [3.8, 4) is 0 Å². The summed E-state index contributed by atoms with van der Waals surface area (Å²) in [6, 6.07) is 11.5. The molecule has 5 rings (SSSR count). The van der Waals surface area contributed by atoms with E-state index in [2.05, 4.69) is 14.9 Å². The molecule has 1 N–H and O–H groups in total. The molecular weight excluding hydrogens is 421 g/mol. The number of rotatable bonds is 4. The van der Waals surface area contributed by atoms with E-state index >= 15 is 0 Å². The average Bonchev–Trinajstić information content (AvgIpc) is 3.27. The summed E-state index contributed by atoms with van der Waals surface area (Å²) in [6.07, 6.45) is 2.49. The Morgan fingerprint density at radius 2 is 1.97 bits per heavy atom. The Kier molecular flexibility index (Phi) is 5.76. The molecule has 2 aromatic heterocycles. The normalized spacial score (nSPS) is 18.4. The van der Waals surface area contributed by atoms with Crippen molar-refractivity contribution in [1.82, 2.24) is 24.8 Å². The van der Waals surface area contributed by atoms with E-state index in [1.54, 1.807) is 4.90 Å². The third-order valence-electron chi connectivity index (χ3n) is 6.46. The molecule has 3 aromatic rings. The largest absolute Gasteiger partial charge is 0.334 e. The number of carbonyl (C=O) groups excluding carboxylic acids is 1. The van der Waals surface area contributed by atoms with Gasteiger partial charge in [0.05, 0.1) is 29.5 Å². The zero-order valence-electron chi connectivity index (χ0n) is 18.6. The lowest BCUT2D eigenvalue weighted by Crippen LogP contribution is -2.40. The summed E-state index contributed by atoms with van der Waals surface area (Å²) in [5.41, 5.74) is 3.52. The fourth-order valence-corrected chi connectivity index (χ4v) is 4.77. The van der Waals surface area contributed by atoms with Crippen molar-refractivity contribution < 1.29 is 9.18 Å². The van der Waals surface area contributed by atoms with Crippen LogP contribution >= 0.6 is 0 Å². The molecule has 8 heteroatoms. The van der Waals surface area contributed by atoms with E-state index in [1.165, 1.54) is 24.3 Å². The van der Waals surface area contributed by atoms with E-state index in [0.717, 1.165) is 36.5 Å². The smallest absolute Gasteiger partial charge is 0.256 e. The molecule has 0 aliphatic carbocycles. The Morgan fingerprint density at radius 3 is 2.76 bits per heavy atom. The lowest BCUT2D eigenvalue weighted by Gasteiger charge is -2.29. The van der Waals surface area contributed by atoms with Crippen molar-refractivity contribution >= 4 is 5.91 Å². The van der Waals surface area contributed by atoms with Gasteiger partial charge < -0.3 is 9.88 Å². The van der Waals surface area contributed by atoms with Crippen LogP contribution in [-0.4, -0.2) is 43.7 Å². The highest BCUT2D eigenvalue weighted by Crippen LogP contribution is 2.31. The van der Waals surface area contributed by atoms with Crippen LogP contribution < -0.4 is 5.56 Å². The minimum absolute atomic E-state index is 0.0455. The first-order valence-electron chi connectivity index (χ1n) is 11.3. The number of aromatic amines is 1. The second kappa shape index (κ2) is 8.86. The number of benzene rings is 1. The molecule has 0 bridgehead atoms. The Bertz CT molecular complexity index is 1240. The van der Waals surface area contributed by atoms with E-state index in [1.807, 2.05) is 25.1 Å². The van der Waals surface area contributed by atoms with Crippen molar-refractivity contribution in [2.24, 2.45) is 0 Å². The van der Waals surface area contributed by atoms with Crippen molar-refractivity contribution in [3.05, 3.63) is 92.7 Å². The minimum Gasteiger partial charge on any atom is -0.334 e. The van der Waals surface area contributed by atoms with Gasteiger partial charge in [-0.05, 0) is 62.7 Å². The van der Waals surface area contributed by atoms with Crippen molar-refractivity contribution in [3.63, 3.8) is 0 Å². The molecule has 7 nitrogen and oxygen atoms in total. The molecule has 0 saturated carbocycles. The molecule has 170 valence electrons. The maximum Gasteiger partial charge on any atom is 0.256 e. The summed E-state index contributed by atoms with van der Waals surface area (Å²) < 4.78 is 13.2. The number of carbonyl (C=O) groups is 1. The number of likely N-dealkylation sites (tertiary alicyclic amines) is 1. The van der Waals surface area contributed by atoms with Gasteiger partial charge in [-0.25, -0.2) is 9.37 Å². The monoisotopic (exact) mass is 447 g/mol. The Hall–Kier alpha value is -3.39. The molecule has 2 aliphatic rings. The van der Waals surface area contributed by atoms with Crippen LogP contribution in [0.1, 0.15) is 57.7 Å². The number of aromatic nitrogens is 3. The fourth-order valence-electron chi connectivity index (χ4n) is 4.77. The van der Waals surface area contributed by atoms with Gasteiger partial charge >= 0.3 is 0 Å². The Labute approximate surface area is 191 Å². The molecule has 33 heavy (non-hydrogen) atoms. The maximum absolute atomic E-state index is 13.2. The summed E-state index contributed by atoms with van der Waals surface area (Å²) in [5.74, 6) is 0.0989. The quantitative estimate of drug-likeness (QED) is 0.665. The standard InChI is InChI=1S/C25H26FN5O2/c1-16-4-2-5-19(27-16)14-30-12-3-6-22(30)23-28-21-11-13-31(15-20(21)24(32)29-23)25(33)17-7-9-18(26)10-8-17/h2,4-5,7-10,22H,3,6,11-15H2,1H3,(H,28,29,32)/t22-/m0/s1. The average molecular weight is 448 g/mol. The summed E-state index contributed by atoms with van der Waals surface area (Å²) >= 11 is 0. The van der Waals surface area contributed by atoms with Gasteiger partial charge in [0.15, 0.2) is 0 Å². The van der Waals surface area contributed by atoms with Gasteiger partial charge in [-0.3, -0.25) is 19.5 Å². The molecule has 1 fully saturated rings. The highest BCUT2D eigenvalue weighted by atomic mass is 19.1. The first-order chi connectivity index (χ1) is 16.0. The Morgan fingerprint density at radius 1 is 1.15 bits per heavy atom. The number of pyridine rings is 1. The van der Waals surface area contributed by atoms with Crippen LogP contribution in [0.5, 0.6) is 0 Å². The van der Waals surface area contributed by atoms with Crippen LogP contribution in [-0.2, 0) is 19.5 Å². The van der Waals surface area contributed by atoms with E-state index < -0.39 is 0 Å². The first-order valence-corrected chi connectivity index (χ1v) is 11.3. The SMILES string of the molecule is Cc1cccc(CN2CCC[C@H]2c2nc3c(c(=O)[nH]2)CN(C(=O)c2ccc(F)cc2)CC3)n1. The van der Waals surface area contributed by atoms with E-state index in [0.29, 0.717) is 36.5 Å². The molecular formula is C25H26FN5O2. The van der Waals surface area contributed by atoms with Gasteiger partial charge in [0, 0.05) is 30.8 Å². The molecule has 1 aromatic carbocycles. The van der Waals surface area contributed by atoms with Crippen molar-refractivity contribution in [2.45, 2.75) is 45.3 Å². The zero-order chi connectivity index (χ0) is 22.9. The fraction of sp³-hybridized carbons (Fsp3) is 0.360. The van der Waals surface area contributed by atoms with Gasteiger partial charge in [0.2, 0.25) is 0 Å². The number of nitrogens with zero attached hydrogens (tertiary/aromatic N) is 4. The summed E-state index contributed by atoms with van der Waals surface area (Å²) in [4.78, 5) is 42.2. The molecule has 1 atom stereocenters. The predicted molar refractivity (Wildman–Crippen MR) is 121 cm³/mol. The van der Waals surface area contributed by atoms with E-state index in [9.17, 15) is 14.0 Å². The van der Waals surface area contributed by atoms with E-state index in [4.69, 9.17) is 4.98 Å². The van der Waals surface area contributed by atoms with Crippen LogP contribution in [0.25, 0.3) is 0 Å². The number of aryl methyl sites for hydroxylation is 1. The number of halogens is 1. The van der Waals surface area contributed by atoms with Gasteiger partial charge in [-0.15, -0.1) is 0 Å². The predicted octanol–water partition coefficient (Wildman–Crippen LogP) is 3.15. The zero-order valence-corrected chi connectivity index (χ0v) is 18.6. The molecule has 0 radical (unpaired) electrons. The van der Waals surface area contributed by atoms with E-state index in [-0.39, 0.29) is 29.9 Å². The topological polar surface area (TPSA) is 82.2 Å². The number of H-pyrrole nitrogens is 1. The van der Waals surface area contributed by atoms with Crippen molar-refractivity contribution in [1.29, 1.82) is 0 Å². The highest BCUT2D eigenvalue weighted by molar-refractivity contribution is 5.94. The van der Waals surface area contributed by atoms with Gasteiger partial charge in [-0.1, -0.05) is 6.07 Å². The lowest BCUT2D eigenvalue weighted by atomic mass is 10.0. The summed E-state index contributed by atoms with van der Waals surface area (Å²) in [7, 11) is 0. The number of fused-ring (bicyclic) bond motifs is 1. The number of amides is 1. The van der Waals surface area contributed by atoms with Crippen LogP contribution in [0.2, 0.25) is 0 Å². The van der Waals surface area contributed by atoms with Crippen LogP contribution in [0.3, 0.4) is 0 Å². The number of hydrogen-bond acceptors (Lipinski definition) is 5. The molecule has 2 aliphatic heterocycles. The summed E-state index contributed by atoms with van der Waals surface area (Å²) in [5, 5.41) is 0. The van der Waals surface area contributed by atoms with Gasteiger partial charge in [0.1, 0.15) is 11.6 Å². The van der Waals surface area contributed by atoms with Crippen LogP contribution in [0.15, 0.2) is 47.3 Å². The number of nitrogens with one attached hydrogen (secondary N) is 1.